The van der Waals surface area contributed by atoms with Crippen LogP contribution in [0.25, 0.3) is 11.1 Å². The molecule has 2 aromatic rings. The van der Waals surface area contributed by atoms with Crippen LogP contribution in [0.1, 0.15) is 19.8 Å². The second-order valence-corrected chi connectivity index (χ2v) is 8.78. The Bertz CT molecular complexity index is 807. The van der Waals surface area contributed by atoms with Crippen LogP contribution in [-0.2, 0) is 0 Å². The van der Waals surface area contributed by atoms with Crippen LogP contribution in [0.4, 0.5) is 10.5 Å². The molecule has 1 unspecified atom stereocenters. The van der Waals surface area contributed by atoms with Crippen molar-refractivity contribution in [2.24, 2.45) is 5.92 Å². The fourth-order valence-corrected chi connectivity index (χ4v) is 4.69. The average Bonchev–Trinajstić information content (AvgIpc) is 2.80. The van der Waals surface area contributed by atoms with Crippen LogP contribution in [0.3, 0.4) is 0 Å². The van der Waals surface area contributed by atoms with Crippen molar-refractivity contribution in [3.8, 4) is 11.1 Å². The molecule has 1 atom stereocenters. The molecule has 2 amide bonds. The summed E-state index contributed by atoms with van der Waals surface area (Å²) < 4.78 is 0. The Labute approximate surface area is 180 Å². The zero-order valence-electron chi connectivity index (χ0n) is 18.3. The van der Waals surface area contributed by atoms with E-state index in [0.717, 1.165) is 63.4 Å². The molecule has 0 aliphatic carbocycles. The van der Waals surface area contributed by atoms with Gasteiger partial charge < -0.3 is 15.1 Å². The zero-order chi connectivity index (χ0) is 20.9. The molecule has 2 saturated heterocycles. The second kappa shape index (κ2) is 9.63. The Morgan fingerprint density at radius 3 is 2.10 bits per heavy atom. The highest BCUT2D eigenvalue weighted by molar-refractivity contribution is 5.89. The molecule has 0 spiro atoms. The number of likely N-dealkylation sites (N-methyl/N-ethyl adjacent to an activating group) is 1. The number of hydrogen-bond acceptors (Lipinski definition) is 3. The minimum absolute atomic E-state index is 0.0214. The lowest BCUT2D eigenvalue weighted by Gasteiger charge is -2.42. The summed E-state index contributed by atoms with van der Waals surface area (Å²) in [5, 5.41) is 3.07. The molecule has 5 heteroatoms. The molecule has 2 heterocycles. The minimum Gasteiger partial charge on any atom is -0.325 e. The zero-order valence-corrected chi connectivity index (χ0v) is 18.3. The fourth-order valence-electron chi connectivity index (χ4n) is 4.69. The van der Waals surface area contributed by atoms with E-state index in [2.05, 4.69) is 53.4 Å². The Hall–Kier alpha value is -2.37. The number of carbonyl (C=O) groups is 1. The van der Waals surface area contributed by atoms with Gasteiger partial charge in [0, 0.05) is 51.0 Å². The van der Waals surface area contributed by atoms with Gasteiger partial charge in [-0.3, -0.25) is 4.90 Å². The lowest BCUT2D eigenvalue weighted by atomic mass is 9.89. The predicted molar refractivity (Wildman–Crippen MR) is 124 cm³/mol. The Morgan fingerprint density at radius 2 is 1.47 bits per heavy atom. The van der Waals surface area contributed by atoms with Gasteiger partial charge in [0.2, 0.25) is 0 Å². The SMILES string of the molecule is CC(C1CCN(C(=O)Nc2ccc(-c3ccccc3)cc2)CC1)N1CCN(C)CC1. The Balaban J connectivity index is 1.26. The molecule has 2 aromatic carbocycles. The fraction of sp³-hybridized carbons (Fsp3) is 0.480. The molecule has 0 saturated carbocycles. The van der Waals surface area contributed by atoms with Gasteiger partial charge >= 0.3 is 6.03 Å². The standard InChI is InChI=1S/C25H34N4O/c1-20(28-18-16-27(2)17-19-28)21-12-14-29(15-13-21)25(30)26-24-10-8-23(9-11-24)22-6-4-3-5-7-22/h3-11,20-21H,12-19H2,1-2H3,(H,26,30). The molecule has 30 heavy (non-hydrogen) atoms. The highest BCUT2D eigenvalue weighted by Crippen LogP contribution is 2.26. The maximum atomic E-state index is 12.7. The summed E-state index contributed by atoms with van der Waals surface area (Å²) in [4.78, 5) is 19.7. The van der Waals surface area contributed by atoms with Crippen molar-refractivity contribution in [3.05, 3.63) is 54.6 Å². The molecule has 0 radical (unpaired) electrons. The van der Waals surface area contributed by atoms with Gasteiger partial charge in [-0.15, -0.1) is 0 Å². The van der Waals surface area contributed by atoms with Crippen molar-refractivity contribution in [2.45, 2.75) is 25.8 Å². The van der Waals surface area contributed by atoms with E-state index in [1.165, 1.54) is 5.56 Å². The summed E-state index contributed by atoms with van der Waals surface area (Å²) in [7, 11) is 2.20. The summed E-state index contributed by atoms with van der Waals surface area (Å²) in [6, 6.07) is 19.0. The van der Waals surface area contributed by atoms with E-state index < -0.39 is 0 Å². The van der Waals surface area contributed by atoms with Crippen LogP contribution >= 0.6 is 0 Å². The largest absolute Gasteiger partial charge is 0.325 e. The third-order valence-electron chi connectivity index (χ3n) is 6.87. The van der Waals surface area contributed by atoms with Gasteiger partial charge in [0.1, 0.15) is 0 Å². The first-order valence-electron chi connectivity index (χ1n) is 11.2. The highest BCUT2D eigenvalue weighted by atomic mass is 16.2. The second-order valence-electron chi connectivity index (χ2n) is 8.78. The lowest BCUT2D eigenvalue weighted by Crippen LogP contribution is -2.52. The molecule has 0 bridgehead atoms. The van der Waals surface area contributed by atoms with Crippen LogP contribution in [0.2, 0.25) is 0 Å². The van der Waals surface area contributed by atoms with E-state index in [9.17, 15) is 4.79 Å². The number of likely N-dealkylation sites (tertiary alicyclic amines) is 1. The van der Waals surface area contributed by atoms with Gasteiger partial charge in [0.15, 0.2) is 0 Å². The molecular formula is C25H34N4O. The number of carbonyl (C=O) groups excluding carboxylic acids is 1. The van der Waals surface area contributed by atoms with Crippen molar-refractivity contribution in [2.75, 3.05) is 51.6 Å². The summed E-state index contributed by atoms with van der Waals surface area (Å²) in [5.74, 6) is 0.683. The number of nitrogens with one attached hydrogen (secondary N) is 1. The molecule has 5 nitrogen and oxygen atoms in total. The van der Waals surface area contributed by atoms with Gasteiger partial charge in [-0.25, -0.2) is 4.79 Å². The van der Waals surface area contributed by atoms with E-state index in [1.807, 2.05) is 35.2 Å². The third kappa shape index (κ3) is 5.02. The molecule has 0 aromatic heterocycles. The van der Waals surface area contributed by atoms with Crippen molar-refractivity contribution in [1.82, 2.24) is 14.7 Å². The van der Waals surface area contributed by atoms with E-state index >= 15 is 0 Å². The molecule has 160 valence electrons. The number of nitrogens with zero attached hydrogens (tertiary/aromatic N) is 3. The number of benzene rings is 2. The van der Waals surface area contributed by atoms with Crippen LogP contribution in [0.5, 0.6) is 0 Å². The first kappa shape index (κ1) is 20.9. The van der Waals surface area contributed by atoms with Crippen LogP contribution in [0.15, 0.2) is 54.6 Å². The Morgan fingerprint density at radius 1 is 0.867 bits per heavy atom. The monoisotopic (exact) mass is 406 g/mol. The van der Waals surface area contributed by atoms with E-state index in [4.69, 9.17) is 0 Å². The van der Waals surface area contributed by atoms with Gasteiger partial charge in [-0.1, -0.05) is 42.5 Å². The average molecular weight is 407 g/mol. The van der Waals surface area contributed by atoms with Crippen molar-refractivity contribution >= 4 is 11.7 Å². The van der Waals surface area contributed by atoms with Crippen LogP contribution < -0.4 is 5.32 Å². The number of amides is 2. The normalized spacial score (nSPS) is 20.1. The third-order valence-corrected chi connectivity index (χ3v) is 6.87. The van der Waals surface area contributed by atoms with Crippen LogP contribution in [0, 0.1) is 5.92 Å². The maximum Gasteiger partial charge on any atom is 0.321 e. The molecule has 2 fully saturated rings. The molecular weight excluding hydrogens is 372 g/mol. The van der Waals surface area contributed by atoms with Gasteiger partial charge in [-0.05, 0) is 56.0 Å². The predicted octanol–water partition coefficient (Wildman–Crippen LogP) is 4.23. The van der Waals surface area contributed by atoms with Crippen molar-refractivity contribution in [3.63, 3.8) is 0 Å². The molecule has 4 rings (SSSR count). The number of piperidine rings is 1. The topological polar surface area (TPSA) is 38.8 Å². The van der Waals surface area contributed by atoms with E-state index in [1.54, 1.807) is 0 Å². The smallest absolute Gasteiger partial charge is 0.321 e. The molecule has 2 aliphatic rings. The van der Waals surface area contributed by atoms with Crippen molar-refractivity contribution in [1.29, 1.82) is 0 Å². The summed E-state index contributed by atoms with van der Waals surface area (Å²) >= 11 is 0. The number of rotatable bonds is 4. The number of piperazine rings is 1. The summed E-state index contributed by atoms with van der Waals surface area (Å²) in [6.07, 6.45) is 2.18. The van der Waals surface area contributed by atoms with E-state index in [0.29, 0.717) is 12.0 Å². The first-order valence-corrected chi connectivity index (χ1v) is 11.2. The quantitative estimate of drug-likeness (QED) is 0.826. The number of anilines is 1. The summed E-state index contributed by atoms with van der Waals surface area (Å²) in [6.45, 7) is 8.71. The van der Waals surface area contributed by atoms with Gasteiger partial charge in [0.25, 0.3) is 0 Å². The van der Waals surface area contributed by atoms with Crippen LogP contribution in [-0.4, -0.2) is 73.1 Å². The minimum atomic E-state index is 0.0214. The maximum absolute atomic E-state index is 12.7. The number of hydrogen-bond donors (Lipinski definition) is 1. The summed E-state index contributed by atoms with van der Waals surface area (Å²) in [5.41, 5.74) is 3.20. The van der Waals surface area contributed by atoms with E-state index in [-0.39, 0.29) is 6.03 Å². The van der Waals surface area contributed by atoms with Crippen molar-refractivity contribution < 1.29 is 4.79 Å². The highest BCUT2D eigenvalue weighted by Gasteiger charge is 2.30. The first-order chi connectivity index (χ1) is 14.6. The van der Waals surface area contributed by atoms with Gasteiger partial charge in [0.05, 0.1) is 0 Å². The lowest BCUT2D eigenvalue weighted by molar-refractivity contribution is 0.0676. The van der Waals surface area contributed by atoms with Gasteiger partial charge in [-0.2, -0.15) is 0 Å². The molecule has 1 N–H and O–H groups in total. The molecule has 2 aliphatic heterocycles. The Kier molecular flexibility index (Phi) is 6.70. The number of urea groups is 1.